The molecule has 1 aromatic carbocycles. The van der Waals surface area contributed by atoms with Crippen LogP contribution in [0.5, 0.6) is 0 Å². The van der Waals surface area contributed by atoms with Crippen LogP contribution in [0.3, 0.4) is 0 Å². The Balaban J connectivity index is 1.65. The van der Waals surface area contributed by atoms with Gasteiger partial charge in [-0.2, -0.15) is 0 Å². The molecule has 0 bridgehead atoms. The van der Waals surface area contributed by atoms with Crippen LogP contribution in [0.25, 0.3) is 0 Å². The molecular weight excluding hydrogens is 284 g/mol. The first kappa shape index (κ1) is 14.9. The van der Waals surface area contributed by atoms with Gasteiger partial charge in [0.1, 0.15) is 11.6 Å². The molecule has 5 heteroatoms. The molecule has 3 nitrogen and oxygen atoms in total. The summed E-state index contributed by atoms with van der Waals surface area (Å²) in [5.74, 6) is -1.06. The van der Waals surface area contributed by atoms with Crippen LogP contribution in [0.4, 0.5) is 14.5 Å². The Hall–Kier alpha value is -2.01. The SMILES string of the molecule is CC(c1ccccn1)N1CCN(c2cc(F)cc(F)c2)CC1. The zero-order chi connectivity index (χ0) is 15.5. The third-order valence-electron chi connectivity index (χ3n) is 4.19. The minimum Gasteiger partial charge on any atom is -0.369 e. The van der Waals surface area contributed by atoms with E-state index in [1.165, 1.54) is 12.1 Å². The van der Waals surface area contributed by atoms with E-state index in [9.17, 15) is 8.78 Å². The summed E-state index contributed by atoms with van der Waals surface area (Å²) in [4.78, 5) is 8.76. The molecule has 2 heterocycles. The van der Waals surface area contributed by atoms with Gasteiger partial charge >= 0.3 is 0 Å². The quantitative estimate of drug-likeness (QED) is 0.868. The van der Waals surface area contributed by atoms with E-state index < -0.39 is 11.6 Å². The number of nitrogens with zero attached hydrogens (tertiary/aromatic N) is 3. The van der Waals surface area contributed by atoms with Gasteiger partial charge in [0, 0.05) is 50.2 Å². The molecule has 1 fully saturated rings. The fraction of sp³-hybridized carbons (Fsp3) is 0.353. The van der Waals surface area contributed by atoms with E-state index in [1.807, 2.05) is 23.1 Å². The number of halogens is 2. The Morgan fingerprint density at radius 3 is 2.27 bits per heavy atom. The molecule has 1 unspecified atom stereocenters. The first-order valence-corrected chi connectivity index (χ1v) is 7.49. The smallest absolute Gasteiger partial charge is 0.128 e. The molecule has 1 aliphatic rings. The van der Waals surface area contributed by atoms with Crippen LogP contribution in [0.15, 0.2) is 42.6 Å². The molecule has 0 N–H and O–H groups in total. The summed E-state index contributed by atoms with van der Waals surface area (Å²) in [7, 11) is 0. The number of piperazine rings is 1. The van der Waals surface area contributed by atoms with Crippen LogP contribution in [-0.4, -0.2) is 36.1 Å². The third-order valence-corrected chi connectivity index (χ3v) is 4.19. The minimum atomic E-state index is -0.528. The maximum Gasteiger partial charge on any atom is 0.128 e. The van der Waals surface area contributed by atoms with E-state index in [0.29, 0.717) is 5.69 Å². The first-order valence-electron chi connectivity index (χ1n) is 7.49. The Labute approximate surface area is 129 Å². The number of pyridine rings is 1. The number of hydrogen-bond acceptors (Lipinski definition) is 3. The highest BCUT2D eigenvalue weighted by molar-refractivity contribution is 5.47. The van der Waals surface area contributed by atoms with Crippen LogP contribution >= 0.6 is 0 Å². The Bertz CT molecular complexity index is 605. The highest BCUT2D eigenvalue weighted by atomic mass is 19.1. The molecule has 2 aromatic rings. The van der Waals surface area contributed by atoms with Gasteiger partial charge in [-0.15, -0.1) is 0 Å². The molecule has 0 radical (unpaired) electrons. The van der Waals surface area contributed by atoms with Crippen LogP contribution in [0.2, 0.25) is 0 Å². The molecule has 116 valence electrons. The van der Waals surface area contributed by atoms with Gasteiger partial charge in [-0.1, -0.05) is 6.07 Å². The van der Waals surface area contributed by atoms with Gasteiger partial charge in [0.25, 0.3) is 0 Å². The lowest BCUT2D eigenvalue weighted by Gasteiger charge is -2.39. The number of anilines is 1. The normalized spacial score (nSPS) is 17.5. The molecule has 3 rings (SSSR count). The predicted octanol–water partition coefficient (Wildman–Crippen LogP) is 3.24. The highest BCUT2D eigenvalue weighted by Gasteiger charge is 2.23. The van der Waals surface area contributed by atoms with Crippen molar-refractivity contribution in [1.82, 2.24) is 9.88 Å². The first-order chi connectivity index (χ1) is 10.6. The van der Waals surface area contributed by atoms with Gasteiger partial charge in [0.15, 0.2) is 0 Å². The number of aromatic nitrogens is 1. The van der Waals surface area contributed by atoms with E-state index in [4.69, 9.17) is 0 Å². The van der Waals surface area contributed by atoms with Crippen molar-refractivity contribution < 1.29 is 8.78 Å². The topological polar surface area (TPSA) is 19.4 Å². The van der Waals surface area contributed by atoms with E-state index in [-0.39, 0.29) is 6.04 Å². The van der Waals surface area contributed by atoms with Crippen LogP contribution in [0, 0.1) is 11.6 Å². The lowest BCUT2D eigenvalue weighted by molar-refractivity contribution is 0.195. The minimum absolute atomic E-state index is 0.243. The Morgan fingerprint density at radius 1 is 1.00 bits per heavy atom. The van der Waals surface area contributed by atoms with Gasteiger partial charge in [-0.05, 0) is 31.2 Å². The van der Waals surface area contributed by atoms with E-state index in [1.54, 1.807) is 6.20 Å². The Morgan fingerprint density at radius 2 is 1.68 bits per heavy atom. The molecule has 1 saturated heterocycles. The van der Waals surface area contributed by atoms with Gasteiger partial charge < -0.3 is 4.90 Å². The van der Waals surface area contributed by atoms with Crippen LogP contribution < -0.4 is 4.90 Å². The summed E-state index contributed by atoms with van der Waals surface area (Å²) in [6.45, 7) is 5.33. The predicted molar refractivity (Wildman–Crippen MR) is 82.8 cm³/mol. The maximum atomic E-state index is 13.3. The average Bonchev–Trinajstić information content (AvgIpc) is 2.54. The third kappa shape index (κ3) is 3.25. The maximum absolute atomic E-state index is 13.3. The standard InChI is InChI=1S/C17H19F2N3/c1-13(17-4-2-3-5-20-17)21-6-8-22(9-7-21)16-11-14(18)10-15(19)12-16/h2-5,10-13H,6-9H2,1H3. The molecule has 22 heavy (non-hydrogen) atoms. The van der Waals surface area contributed by atoms with Gasteiger partial charge in [0.2, 0.25) is 0 Å². The lowest BCUT2D eigenvalue weighted by atomic mass is 10.1. The second-order valence-electron chi connectivity index (χ2n) is 5.58. The summed E-state index contributed by atoms with van der Waals surface area (Å²) in [6, 6.07) is 9.86. The second-order valence-corrected chi connectivity index (χ2v) is 5.58. The molecule has 0 aliphatic carbocycles. The van der Waals surface area contributed by atoms with Crippen molar-refractivity contribution in [3.05, 3.63) is 59.9 Å². The number of rotatable bonds is 3. The van der Waals surface area contributed by atoms with Crippen molar-refractivity contribution in [2.24, 2.45) is 0 Å². The summed E-state index contributed by atoms with van der Waals surface area (Å²) < 4.78 is 26.6. The number of benzene rings is 1. The lowest BCUT2D eigenvalue weighted by Crippen LogP contribution is -2.47. The van der Waals surface area contributed by atoms with Crippen molar-refractivity contribution in [3.63, 3.8) is 0 Å². The van der Waals surface area contributed by atoms with Crippen molar-refractivity contribution in [2.45, 2.75) is 13.0 Å². The Kier molecular flexibility index (Phi) is 4.34. The zero-order valence-corrected chi connectivity index (χ0v) is 12.5. The van der Waals surface area contributed by atoms with Crippen molar-refractivity contribution in [2.75, 3.05) is 31.1 Å². The summed E-state index contributed by atoms with van der Waals surface area (Å²) in [5.41, 5.74) is 1.66. The molecule has 0 spiro atoms. The average molecular weight is 303 g/mol. The molecule has 1 aliphatic heterocycles. The van der Waals surface area contributed by atoms with Crippen molar-refractivity contribution in [1.29, 1.82) is 0 Å². The largest absolute Gasteiger partial charge is 0.369 e. The molecule has 1 aromatic heterocycles. The molecular formula is C17H19F2N3. The van der Waals surface area contributed by atoms with Gasteiger partial charge in [0.05, 0.1) is 5.69 Å². The highest BCUT2D eigenvalue weighted by Crippen LogP contribution is 2.23. The summed E-state index contributed by atoms with van der Waals surface area (Å²) >= 11 is 0. The summed E-state index contributed by atoms with van der Waals surface area (Å²) in [5, 5.41) is 0. The monoisotopic (exact) mass is 303 g/mol. The van der Waals surface area contributed by atoms with Crippen molar-refractivity contribution in [3.8, 4) is 0 Å². The van der Waals surface area contributed by atoms with E-state index in [0.717, 1.165) is 37.9 Å². The number of hydrogen-bond donors (Lipinski definition) is 0. The van der Waals surface area contributed by atoms with E-state index >= 15 is 0 Å². The second kappa shape index (κ2) is 6.40. The summed E-state index contributed by atoms with van der Waals surface area (Å²) in [6.07, 6.45) is 1.80. The molecule has 0 amide bonds. The molecule has 1 atom stereocenters. The fourth-order valence-electron chi connectivity index (χ4n) is 2.90. The van der Waals surface area contributed by atoms with E-state index in [2.05, 4.69) is 16.8 Å². The zero-order valence-electron chi connectivity index (χ0n) is 12.5. The van der Waals surface area contributed by atoms with Gasteiger partial charge in [-0.25, -0.2) is 8.78 Å². The molecule has 0 saturated carbocycles. The van der Waals surface area contributed by atoms with Crippen LogP contribution in [-0.2, 0) is 0 Å². The van der Waals surface area contributed by atoms with Crippen LogP contribution in [0.1, 0.15) is 18.7 Å². The van der Waals surface area contributed by atoms with Crippen molar-refractivity contribution >= 4 is 5.69 Å². The fourth-order valence-corrected chi connectivity index (χ4v) is 2.90. The van der Waals surface area contributed by atoms with Gasteiger partial charge in [-0.3, -0.25) is 9.88 Å².